The van der Waals surface area contributed by atoms with Crippen molar-refractivity contribution in [1.29, 1.82) is 0 Å². The predicted molar refractivity (Wildman–Crippen MR) is 92.4 cm³/mol. The first kappa shape index (κ1) is 15.4. The number of hydrogen-bond donors (Lipinski definition) is 0. The minimum atomic E-state index is -0.0834. The van der Waals surface area contributed by atoms with Gasteiger partial charge in [0, 0.05) is 36.2 Å². The van der Waals surface area contributed by atoms with E-state index in [4.69, 9.17) is 9.26 Å². The van der Waals surface area contributed by atoms with Crippen molar-refractivity contribution in [3.63, 3.8) is 0 Å². The maximum atomic E-state index is 12.4. The van der Waals surface area contributed by atoms with Gasteiger partial charge < -0.3 is 14.2 Å². The van der Waals surface area contributed by atoms with Crippen molar-refractivity contribution in [2.24, 2.45) is 0 Å². The fourth-order valence-corrected chi connectivity index (χ4v) is 3.01. The summed E-state index contributed by atoms with van der Waals surface area (Å²) in [4.78, 5) is 18.7. The Bertz CT molecular complexity index is 892. The summed E-state index contributed by atoms with van der Waals surface area (Å²) in [5.74, 6) is 1.73. The van der Waals surface area contributed by atoms with Gasteiger partial charge in [0.1, 0.15) is 5.75 Å². The first-order valence-corrected chi connectivity index (χ1v) is 8.08. The maximum absolute atomic E-state index is 12.4. The quantitative estimate of drug-likeness (QED) is 0.732. The van der Waals surface area contributed by atoms with E-state index in [0.717, 1.165) is 17.0 Å². The van der Waals surface area contributed by atoms with Crippen molar-refractivity contribution in [1.82, 2.24) is 10.1 Å². The molecule has 3 aromatic rings. The lowest BCUT2D eigenvalue weighted by molar-refractivity contribution is -0.117. The minimum absolute atomic E-state index is 0.0457. The third-order valence-electron chi connectivity index (χ3n) is 4.32. The van der Waals surface area contributed by atoms with Gasteiger partial charge in [0.2, 0.25) is 5.91 Å². The molecule has 0 N–H and O–H groups in total. The third-order valence-corrected chi connectivity index (χ3v) is 4.32. The summed E-state index contributed by atoms with van der Waals surface area (Å²) in [5, 5.41) is 4.08. The molecule has 25 heavy (non-hydrogen) atoms. The van der Waals surface area contributed by atoms with Gasteiger partial charge in [0.25, 0.3) is 5.89 Å². The topological polar surface area (TPSA) is 68.5 Å². The Kier molecular flexibility index (Phi) is 3.93. The highest BCUT2D eigenvalue weighted by Gasteiger charge is 2.34. The smallest absolute Gasteiger partial charge is 0.257 e. The average Bonchev–Trinajstić information content (AvgIpc) is 3.29. The molecule has 1 unspecified atom stereocenters. The molecule has 0 saturated carbocycles. The standard InChI is InChI=1S/C19H17N3O3/c1-24-16-9-5-8-15(11-16)22-12-14(10-17(22)23)18-20-19(25-21-18)13-6-3-2-4-7-13/h2-9,11,14H,10,12H2,1H3. The van der Waals surface area contributed by atoms with E-state index in [1.807, 2.05) is 54.6 Å². The van der Waals surface area contributed by atoms with Crippen LogP contribution in [0, 0.1) is 0 Å². The molecule has 1 fully saturated rings. The van der Waals surface area contributed by atoms with E-state index in [1.165, 1.54) is 0 Å². The van der Waals surface area contributed by atoms with Gasteiger partial charge >= 0.3 is 0 Å². The second kappa shape index (κ2) is 6.39. The van der Waals surface area contributed by atoms with Crippen molar-refractivity contribution < 1.29 is 14.1 Å². The molecule has 1 aromatic heterocycles. The number of carbonyl (C=O) groups is 1. The number of rotatable bonds is 4. The molecule has 1 atom stereocenters. The summed E-state index contributed by atoms with van der Waals surface area (Å²) in [7, 11) is 1.61. The third kappa shape index (κ3) is 2.98. The SMILES string of the molecule is COc1cccc(N2CC(c3noc(-c4ccccc4)n3)CC2=O)c1. The van der Waals surface area contributed by atoms with Crippen LogP contribution < -0.4 is 9.64 Å². The van der Waals surface area contributed by atoms with Gasteiger partial charge in [-0.05, 0) is 24.3 Å². The summed E-state index contributed by atoms with van der Waals surface area (Å²) in [5.41, 5.74) is 1.69. The number of benzene rings is 2. The van der Waals surface area contributed by atoms with Gasteiger partial charge in [0.15, 0.2) is 5.82 Å². The Labute approximate surface area is 145 Å². The molecule has 2 aromatic carbocycles. The highest BCUT2D eigenvalue weighted by atomic mass is 16.5. The van der Waals surface area contributed by atoms with Crippen molar-refractivity contribution >= 4 is 11.6 Å². The van der Waals surface area contributed by atoms with Gasteiger partial charge in [-0.15, -0.1) is 0 Å². The maximum Gasteiger partial charge on any atom is 0.257 e. The van der Waals surface area contributed by atoms with Crippen LogP contribution in [0.15, 0.2) is 59.1 Å². The molecular formula is C19H17N3O3. The molecule has 2 heterocycles. The molecule has 6 nitrogen and oxygen atoms in total. The minimum Gasteiger partial charge on any atom is -0.497 e. The zero-order valence-electron chi connectivity index (χ0n) is 13.8. The molecule has 4 rings (SSSR count). The molecule has 1 aliphatic rings. The Morgan fingerprint density at radius 3 is 2.80 bits per heavy atom. The fourth-order valence-electron chi connectivity index (χ4n) is 3.01. The molecule has 1 saturated heterocycles. The number of amides is 1. The summed E-state index contributed by atoms with van der Waals surface area (Å²) in [6.07, 6.45) is 0.366. The molecule has 1 amide bonds. The van der Waals surface area contributed by atoms with Crippen LogP contribution in [0.3, 0.4) is 0 Å². The summed E-state index contributed by atoms with van der Waals surface area (Å²) in [6.45, 7) is 0.528. The monoisotopic (exact) mass is 335 g/mol. The fraction of sp³-hybridized carbons (Fsp3) is 0.211. The lowest BCUT2D eigenvalue weighted by atomic mass is 10.1. The number of nitrogens with zero attached hydrogens (tertiary/aromatic N) is 3. The Hall–Kier alpha value is -3.15. The molecule has 0 bridgehead atoms. The zero-order valence-corrected chi connectivity index (χ0v) is 13.8. The van der Waals surface area contributed by atoms with E-state index in [-0.39, 0.29) is 11.8 Å². The molecule has 0 aliphatic carbocycles. The van der Waals surface area contributed by atoms with Crippen molar-refractivity contribution in [2.75, 3.05) is 18.6 Å². The van der Waals surface area contributed by atoms with E-state index in [0.29, 0.717) is 24.7 Å². The van der Waals surface area contributed by atoms with E-state index in [2.05, 4.69) is 10.1 Å². The molecule has 1 aliphatic heterocycles. The van der Waals surface area contributed by atoms with Crippen LogP contribution >= 0.6 is 0 Å². The van der Waals surface area contributed by atoms with Gasteiger partial charge in [-0.3, -0.25) is 4.79 Å². The van der Waals surface area contributed by atoms with Crippen molar-refractivity contribution in [3.8, 4) is 17.2 Å². The second-order valence-corrected chi connectivity index (χ2v) is 5.93. The highest BCUT2D eigenvalue weighted by Crippen LogP contribution is 2.32. The zero-order chi connectivity index (χ0) is 17.2. The van der Waals surface area contributed by atoms with Crippen LogP contribution in [0.1, 0.15) is 18.2 Å². The lowest BCUT2D eigenvalue weighted by Crippen LogP contribution is -2.24. The van der Waals surface area contributed by atoms with Gasteiger partial charge in [0.05, 0.1) is 7.11 Å². The predicted octanol–water partition coefficient (Wildman–Crippen LogP) is 3.27. The summed E-state index contributed by atoms with van der Waals surface area (Å²) in [6, 6.07) is 17.1. The molecule has 0 spiro atoms. The van der Waals surface area contributed by atoms with Crippen molar-refractivity contribution in [2.45, 2.75) is 12.3 Å². The van der Waals surface area contributed by atoms with Gasteiger partial charge in [-0.1, -0.05) is 29.4 Å². The normalized spacial score (nSPS) is 17.1. The van der Waals surface area contributed by atoms with E-state index < -0.39 is 0 Å². The first-order valence-electron chi connectivity index (χ1n) is 8.08. The van der Waals surface area contributed by atoms with Crippen molar-refractivity contribution in [3.05, 3.63) is 60.4 Å². The average molecular weight is 335 g/mol. The number of anilines is 1. The number of aromatic nitrogens is 2. The first-order chi connectivity index (χ1) is 12.2. The van der Waals surface area contributed by atoms with Crippen LogP contribution in [0.2, 0.25) is 0 Å². The number of carbonyl (C=O) groups excluding carboxylic acids is 1. The van der Waals surface area contributed by atoms with Gasteiger partial charge in [-0.25, -0.2) is 0 Å². The van der Waals surface area contributed by atoms with Crippen LogP contribution in [-0.2, 0) is 4.79 Å². The van der Waals surface area contributed by atoms with Crippen LogP contribution in [0.25, 0.3) is 11.5 Å². The number of ether oxygens (including phenoxy) is 1. The second-order valence-electron chi connectivity index (χ2n) is 5.93. The highest BCUT2D eigenvalue weighted by molar-refractivity contribution is 5.96. The molecule has 0 radical (unpaired) electrons. The van der Waals surface area contributed by atoms with Crippen LogP contribution in [0.5, 0.6) is 5.75 Å². The number of hydrogen-bond acceptors (Lipinski definition) is 5. The van der Waals surface area contributed by atoms with Crippen LogP contribution in [0.4, 0.5) is 5.69 Å². The molecular weight excluding hydrogens is 318 g/mol. The molecule has 6 heteroatoms. The number of methoxy groups -OCH3 is 1. The van der Waals surface area contributed by atoms with Crippen LogP contribution in [-0.4, -0.2) is 29.7 Å². The summed E-state index contributed by atoms with van der Waals surface area (Å²) < 4.78 is 10.6. The largest absolute Gasteiger partial charge is 0.497 e. The van der Waals surface area contributed by atoms with Gasteiger partial charge in [-0.2, -0.15) is 4.98 Å². The van der Waals surface area contributed by atoms with E-state index >= 15 is 0 Å². The Morgan fingerprint density at radius 2 is 2.00 bits per heavy atom. The van der Waals surface area contributed by atoms with E-state index in [1.54, 1.807) is 12.0 Å². The Balaban J connectivity index is 1.55. The Morgan fingerprint density at radius 1 is 1.16 bits per heavy atom. The summed E-state index contributed by atoms with van der Waals surface area (Å²) >= 11 is 0. The lowest BCUT2D eigenvalue weighted by Gasteiger charge is -2.16. The molecule has 126 valence electrons. The van der Waals surface area contributed by atoms with E-state index in [9.17, 15) is 4.79 Å².